The molecule has 1 heterocycles. The van der Waals surface area contributed by atoms with E-state index < -0.39 is 0 Å². The Bertz CT molecular complexity index is 805. The minimum atomic E-state index is 0.0210. The van der Waals surface area contributed by atoms with Crippen molar-refractivity contribution in [3.8, 4) is 5.75 Å². The van der Waals surface area contributed by atoms with Crippen molar-refractivity contribution >= 4 is 28.1 Å². The lowest BCUT2D eigenvalue weighted by molar-refractivity contribution is 0.101. The standard InChI is InChI=1S/C17H16N2O2/c1-11(20)13-4-6-15(17(9-13)21-2)19-14-5-3-12-7-8-18-16(12)10-14/h3-10,18-19H,1-2H3. The van der Waals surface area contributed by atoms with Crippen molar-refractivity contribution in [1.82, 2.24) is 4.98 Å². The molecule has 3 rings (SSSR count). The van der Waals surface area contributed by atoms with Gasteiger partial charge in [-0.3, -0.25) is 4.79 Å². The zero-order valence-electron chi connectivity index (χ0n) is 11.9. The van der Waals surface area contributed by atoms with Crippen LogP contribution >= 0.6 is 0 Å². The lowest BCUT2D eigenvalue weighted by atomic mass is 10.1. The van der Waals surface area contributed by atoms with Crippen LogP contribution < -0.4 is 10.1 Å². The molecular formula is C17H16N2O2. The molecule has 4 heteroatoms. The monoisotopic (exact) mass is 280 g/mol. The first-order valence-electron chi connectivity index (χ1n) is 6.70. The van der Waals surface area contributed by atoms with Gasteiger partial charge in [-0.1, -0.05) is 6.07 Å². The molecule has 1 aromatic heterocycles. The number of carbonyl (C=O) groups is 1. The average molecular weight is 280 g/mol. The van der Waals surface area contributed by atoms with E-state index in [0.717, 1.165) is 16.9 Å². The molecule has 0 fully saturated rings. The lowest BCUT2D eigenvalue weighted by Crippen LogP contribution is -1.98. The Morgan fingerprint density at radius 3 is 2.76 bits per heavy atom. The third-order valence-electron chi connectivity index (χ3n) is 3.44. The quantitative estimate of drug-likeness (QED) is 0.707. The van der Waals surface area contributed by atoms with Crippen LogP contribution in [0, 0.1) is 0 Å². The SMILES string of the molecule is COc1cc(C(C)=O)ccc1Nc1ccc2cc[nH]c2c1. The molecule has 0 unspecified atom stereocenters. The summed E-state index contributed by atoms with van der Waals surface area (Å²) in [6.45, 7) is 1.54. The fourth-order valence-corrected chi connectivity index (χ4v) is 2.29. The Kier molecular flexibility index (Phi) is 3.36. The summed E-state index contributed by atoms with van der Waals surface area (Å²) in [5.41, 5.74) is 3.49. The van der Waals surface area contributed by atoms with Gasteiger partial charge in [0.15, 0.2) is 5.78 Å². The van der Waals surface area contributed by atoms with E-state index in [1.165, 1.54) is 5.39 Å². The molecule has 0 spiro atoms. The zero-order valence-corrected chi connectivity index (χ0v) is 11.9. The van der Waals surface area contributed by atoms with Crippen molar-refractivity contribution in [2.24, 2.45) is 0 Å². The molecule has 0 amide bonds. The van der Waals surface area contributed by atoms with Crippen LogP contribution in [0.2, 0.25) is 0 Å². The molecule has 0 saturated heterocycles. The van der Waals surface area contributed by atoms with Gasteiger partial charge in [-0.15, -0.1) is 0 Å². The van der Waals surface area contributed by atoms with E-state index in [0.29, 0.717) is 11.3 Å². The molecular weight excluding hydrogens is 264 g/mol. The van der Waals surface area contributed by atoms with Crippen LogP contribution in [0.15, 0.2) is 48.7 Å². The van der Waals surface area contributed by atoms with Crippen LogP contribution in [-0.2, 0) is 0 Å². The fraction of sp³-hybridized carbons (Fsp3) is 0.118. The van der Waals surface area contributed by atoms with Crippen molar-refractivity contribution in [1.29, 1.82) is 0 Å². The molecule has 0 bridgehead atoms. The van der Waals surface area contributed by atoms with Gasteiger partial charge >= 0.3 is 0 Å². The van der Waals surface area contributed by atoms with E-state index in [9.17, 15) is 4.79 Å². The maximum Gasteiger partial charge on any atom is 0.159 e. The number of hydrogen-bond donors (Lipinski definition) is 2. The Balaban J connectivity index is 1.94. The summed E-state index contributed by atoms with van der Waals surface area (Å²) in [7, 11) is 1.60. The summed E-state index contributed by atoms with van der Waals surface area (Å²) < 4.78 is 5.36. The number of aromatic amines is 1. The van der Waals surface area contributed by atoms with Crippen molar-refractivity contribution in [2.75, 3.05) is 12.4 Å². The summed E-state index contributed by atoms with van der Waals surface area (Å²) in [5.74, 6) is 0.668. The van der Waals surface area contributed by atoms with Crippen LogP contribution in [-0.4, -0.2) is 17.9 Å². The van der Waals surface area contributed by atoms with Crippen LogP contribution in [0.25, 0.3) is 10.9 Å². The minimum Gasteiger partial charge on any atom is -0.495 e. The number of hydrogen-bond acceptors (Lipinski definition) is 3. The summed E-state index contributed by atoms with van der Waals surface area (Å²) in [6.07, 6.45) is 1.91. The number of methoxy groups -OCH3 is 1. The van der Waals surface area contributed by atoms with Gasteiger partial charge in [0.1, 0.15) is 5.75 Å². The third-order valence-corrected chi connectivity index (χ3v) is 3.44. The first-order chi connectivity index (χ1) is 10.2. The lowest BCUT2D eigenvalue weighted by Gasteiger charge is -2.12. The van der Waals surface area contributed by atoms with E-state index in [2.05, 4.69) is 10.3 Å². The van der Waals surface area contributed by atoms with Gasteiger partial charge in [0, 0.05) is 23.0 Å². The highest BCUT2D eigenvalue weighted by atomic mass is 16.5. The number of benzene rings is 2. The number of ketones is 1. The Morgan fingerprint density at radius 2 is 2.00 bits per heavy atom. The number of anilines is 2. The van der Waals surface area contributed by atoms with Crippen molar-refractivity contribution < 1.29 is 9.53 Å². The fourth-order valence-electron chi connectivity index (χ4n) is 2.29. The molecule has 21 heavy (non-hydrogen) atoms. The summed E-state index contributed by atoms with van der Waals surface area (Å²) in [6, 6.07) is 13.5. The van der Waals surface area contributed by atoms with Crippen LogP contribution in [0.4, 0.5) is 11.4 Å². The molecule has 0 atom stereocenters. The molecule has 0 saturated carbocycles. The zero-order chi connectivity index (χ0) is 14.8. The van der Waals surface area contributed by atoms with E-state index >= 15 is 0 Å². The van der Waals surface area contributed by atoms with E-state index in [4.69, 9.17) is 4.74 Å². The second-order valence-electron chi connectivity index (χ2n) is 4.88. The van der Waals surface area contributed by atoms with Crippen LogP contribution in [0.1, 0.15) is 17.3 Å². The predicted octanol–water partition coefficient (Wildman–Crippen LogP) is 4.12. The summed E-state index contributed by atoms with van der Waals surface area (Å²) >= 11 is 0. The maximum atomic E-state index is 11.4. The first kappa shape index (κ1) is 13.2. The summed E-state index contributed by atoms with van der Waals surface area (Å²) in [5, 5.41) is 4.48. The number of rotatable bonds is 4. The van der Waals surface area contributed by atoms with Crippen molar-refractivity contribution in [2.45, 2.75) is 6.92 Å². The molecule has 3 aromatic rings. The van der Waals surface area contributed by atoms with Crippen LogP contribution in [0.3, 0.4) is 0 Å². The highest BCUT2D eigenvalue weighted by Gasteiger charge is 2.08. The van der Waals surface area contributed by atoms with Gasteiger partial charge in [0.25, 0.3) is 0 Å². The molecule has 4 nitrogen and oxygen atoms in total. The van der Waals surface area contributed by atoms with Gasteiger partial charge < -0.3 is 15.0 Å². The maximum absolute atomic E-state index is 11.4. The second kappa shape index (κ2) is 5.32. The number of aromatic nitrogens is 1. The Hall–Kier alpha value is -2.75. The largest absolute Gasteiger partial charge is 0.495 e. The molecule has 0 aliphatic rings. The third kappa shape index (κ3) is 2.60. The minimum absolute atomic E-state index is 0.0210. The summed E-state index contributed by atoms with van der Waals surface area (Å²) in [4.78, 5) is 14.6. The predicted molar refractivity (Wildman–Crippen MR) is 84.6 cm³/mol. The molecule has 0 aliphatic heterocycles. The van der Waals surface area contributed by atoms with Gasteiger partial charge in [-0.2, -0.15) is 0 Å². The number of nitrogens with one attached hydrogen (secondary N) is 2. The molecule has 2 aromatic carbocycles. The normalized spacial score (nSPS) is 10.6. The number of carbonyl (C=O) groups excluding carboxylic acids is 1. The molecule has 106 valence electrons. The number of ether oxygens (including phenoxy) is 1. The van der Waals surface area contributed by atoms with Gasteiger partial charge in [-0.25, -0.2) is 0 Å². The highest BCUT2D eigenvalue weighted by Crippen LogP contribution is 2.30. The smallest absolute Gasteiger partial charge is 0.159 e. The Labute approximate surface area is 122 Å². The molecule has 0 radical (unpaired) electrons. The average Bonchev–Trinajstić information content (AvgIpc) is 2.95. The van der Waals surface area contributed by atoms with Crippen molar-refractivity contribution in [3.05, 3.63) is 54.2 Å². The first-order valence-corrected chi connectivity index (χ1v) is 6.70. The number of H-pyrrole nitrogens is 1. The van der Waals surface area contributed by atoms with Gasteiger partial charge in [0.2, 0.25) is 0 Å². The topological polar surface area (TPSA) is 54.1 Å². The molecule has 0 aliphatic carbocycles. The highest BCUT2D eigenvalue weighted by molar-refractivity contribution is 5.95. The van der Waals surface area contributed by atoms with E-state index in [1.807, 2.05) is 36.5 Å². The van der Waals surface area contributed by atoms with E-state index in [-0.39, 0.29) is 5.78 Å². The van der Waals surface area contributed by atoms with E-state index in [1.54, 1.807) is 26.2 Å². The van der Waals surface area contributed by atoms with Crippen molar-refractivity contribution in [3.63, 3.8) is 0 Å². The second-order valence-corrected chi connectivity index (χ2v) is 4.88. The van der Waals surface area contributed by atoms with Crippen LogP contribution in [0.5, 0.6) is 5.75 Å². The van der Waals surface area contributed by atoms with Gasteiger partial charge in [0.05, 0.1) is 12.8 Å². The number of Topliss-reactive ketones (excluding diaryl/α,β-unsaturated/α-hetero) is 1. The number of fused-ring (bicyclic) bond motifs is 1. The Morgan fingerprint density at radius 1 is 1.14 bits per heavy atom. The van der Waals surface area contributed by atoms with Gasteiger partial charge in [-0.05, 0) is 48.7 Å². The molecule has 2 N–H and O–H groups in total.